The van der Waals surface area contributed by atoms with E-state index < -0.39 is 31.4 Å². The molecule has 13 heteroatoms. The van der Waals surface area contributed by atoms with Crippen LogP contribution >= 0.6 is 7.60 Å². The maximum atomic E-state index is 12.8. The third kappa shape index (κ3) is 5.55. The van der Waals surface area contributed by atoms with Crippen molar-refractivity contribution in [2.75, 3.05) is 37.9 Å². The lowest BCUT2D eigenvalue weighted by molar-refractivity contribution is -0.160. The lowest BCUT2D eigenvalue weighted by Gasteiger charge is -2.22. The monoisotopic (exact) mass is 469 g/mol. The van der Waals surface area contributed by atoms with Crippen LogP contribution in [0.3, 0.4) is 0 Å². The number of imidazole rings is 1. The number of hydrogen-bond donors (Lipinski definition) is 1. The van der Waals surface area contributed by atoms with Gasteiger partial charge < -0.3 is 29.2 Å². The van der Waals surface area contributed by atoms with Crippen LogP contribution < -0.4 is 10.6 Å². The number of ether oxygens (including phenoxy) is 2. The Labute approximate surface area is 186 Å². The van der Waals surface area contributed by atoms with Gasteiger partial charge in [-0.2, -0.15) is 9.97 Å². The molecule has 12 nitrogen and oxygen atoms in total. The van der Waals surface area contributed by atoms with E-state index >= 15 is 0 Å². The van der Waals surface area contributed by atoms with Crippen LogP contribution in [0.4, 0.5) is 11.8 Å². The molecule has 0 bridgehead atoms. The summed E-state index contributed by atoms with van der Waals surface area (Å²) in [5, 5.41) is 0. The fourth-order valence-electron chi connectivity index (χ4n) is 2.88. The highest BCUT2D eigenvalue weighted by atomic mass is 31.2. The molecule has 2 aromatic heterocycles. The number of aromatic nitrogens is 4. The third-order valence-corrected chi connectivity index (χ3v) is 6.27. The first kappa shape index (κ1) is 24.4. The minimum Gasteiger partial charge on any atom is -0.438 e. The van der Waals surface area contributed by atoms with Crippen LogP contribution in [-0.2, 0) is 34.4 Å². The number of carbonyl (C=O) groups is 1. The number of hydrogen-bond acceptors (Lipinski definition) is 11. The molecule has 1 saturated carbocycles. The van der Waals surface area contributed by atoms with Gasteiger partial charge in [-0.15, -0.1) is 0 Å². The van der Waals surface area contributed by atoms with Gasteiger partial charge in [-0.25, -0.2) is 4.98 Å². The quantitative estimate of drug-likeness (QED) is 0.311. The Morgan fingerprint density at radius 3 is 2.59 bits per heavy atom. The van der Waals surface area contributed by atoms with Crippen molar-refractivity contribution in [3.8, 4) is 0 Å². The van der Waals surface area contributed by atoms with Crippen molar-refractivity contribution >= 4 is 36.5 Å². The molecule has 1 aliphatic rings. The van der Waals surface area contributed by atoms with E-state index in [0.29, 0.717) is 23.5 Å². The Morgan fingerprint density at radius 2 is 2.03 bits per heavy atom. The second-order valence-electron chi connectivity index (χ2n) is 8.97. The summed E-state index contributed by atoms with van der Waals surface area (Å²) < 4.78 is 35.5. The average molecular weight is 469 g/mol. The Hall–Kier alpha value is -2.27. The standard InChI is InChI=1S/C19H30N6O6P/c1-18(2,3)16(26)29-11-31-32(27,28-6)12-30-19(7-8-19)9-25-10-21-13-14(24(4)5)22-17(20)23-15(13)25/h10H,6-9,11-12H2,1-5H3,(H2,20,22,23). The van der Waals surface area contributed by atoms with Gasteiger partial charge in [0, 0.05) is 14.1 Å². The van der Waals surface area contributed by atoms with Crippen LogP contribution in [-0.4, -0.2) is 58.3 Å². The number of esters is 1. The highest BCUT2D eigenvalue weighted by Crippen LogP contribution is 2.52. The van der Waals surface area contributed by atoms with Crippen LogP contribution in [0.1, 0.15) is 33.6 Å². The molecular formula is C19H30N6O6P. The zero-order valence-electron chi connectivity index (χ0n) is 19.0. The summed E-state index contributed by atoms with van der Waals surface area (Å²) in [5.74, 6) is 0.269. The molecule has 0 aromatic carbocycles. The van der Waals surface area contributed by atoms with Crippen molar-refractivity contribution < 1.29 is 27.9 Å². The number of carbonyl (C=O) groups excluding carboxylic acids is 1. The summed E-state index contributed by atoms with van der Waals surface area (Å²) in [6, 6.07) is 0. The summed E-state index contributed by atoms with van der Waals surface area (Å²) in [5.41, 5.74) is 5.78. The molecule has 177 valence electrons. The normalized spacial score (nSPS) is 17.2. The van der Waals surface area contributed by atoms with Crippen molar-refractivity contribution in [2.45, 2.75) is 45.8 Å². The molecule has 1 fully saturated rings. The first-order valence-corrected chi connectivity index (χ1v) is 11.8. The predicted octanol–water partition coefficient (Wildman–Crippen LogP) is 2.55. The van der Waals surface area contributed by atoms with Gasteiger partial charge in [0.15, 0.2) is 17.0 Å². The molecule has 0 saturated heterocycles. The molecule has 3 rings (SSSR count). The Bertz CT molecular complexity index is 1030. The molecule has 0 aliphatic heterocycles. The molecule has 2 heterocycles. The van der Waals surface area contributed by atoms with Crippen LogP contribution in [0.2, 0.25) is 0 Å². The van der Waals surface area contributed by atoms with Crippen molar-refractivity contribution in [3.05, 3.63) is 13.4 Å². The van der Waals surface area contributed by atoms with Gasteiger partial charge in [0.25, 0.3) is 0 Å². The maximum Gasteiger partial charge on any atom is 0.359 e. The van der Waals surface area contributed by atoms with Gasteiger partial charge in [-0.05, 0) is 33.6 Å². The lowest BCUT2D eigenvalue weighted by Crippen LogP contribution is -2.25. The Balaban J connectivity index is 1.64. The highest BCUT2D eigenvalue weighted by molar-refractivity contribution is 7.53. The van der Waals surface area contributed by atoms with Gasteiger partial charge in [0.1, 0.15) is 6.35 Å². The summed E-state index contributed by atoms with van der Waals surface area (Å²) in [4.78, 5) is 26.6. The predicted molar refractivity (Wildman–Crippen MR) is 118 cm³/mol. The maximum absolute atomic E-state index is 12.8. The lowest BCUT2D eigenvalue weighted by atomic mass is 9.98. The molecular weight excluding hydrogens is 439 g/mol. The number of fused-ring (bicyclic) bond motifs is 1. The number of nitrogens with two attached hydrogens (primary N) is 1. The minimum absolute atomic E-state index is 0.141. The van der Waals surface area contributed by atoms with Crippen LogP contribution in [0, 0.1) is 12.5 Å². The largest absolute Gasteiger partial charge is 0.438 e. The number of rotatable bonds is 10. The van der Waals surface area contributed by atoms with Crippen LogP contribution in [0.5, 0.6) is 0 Å². The second-order valence-corrected chi connectivity index (χ2v) is 11.0. The first-order chi connectivity index (χ1) is 14.9. The van der Waals surface area contributed by atoms with Crippen LogP contribution in [0.15, 0.2) is 6.33 Å². The van der Waals surface area contributed by atoms with E-state index in [9.17, 15) is 9.36 Å². The fraction of sp³-hybridized carbons (Fsp3) is 0.632. The van der Waals surface area contributed by atoms with Crippen molar-refractivity contribution in [2.24, 2.45) is 5.41 Å². The van der Waals surface area contributed by atoms with Gasteiger partial charge >= 0.3 is 13.6 Å². The number of nitrogens with zero attached hydrogens (tertiary/aromatic N) is 5. The average Bonchev–Trinajstić information content (AvgIpc) is 3.38. The molecule has 0 amide bonds. The van der Waals surface area contributed by atoms with Crippen LogP contribution in [0.25, 0.3) is 11.2 Å². The highest BCUT2D eigenvalue weighted by Gasteiger charge is 2.46. The topological polar surface area (TPSA) is 144 Å². The van der Waals surface area contributed by atoms with E-state index in [1.54, 1.807) is 27.1 Å². The van der Waals surface area contributed by atoms with E-state index in [2.05, 4.69) is 22.1 Å². The van der Waals surface area contributed by atoms with Gasteiger partial charge in [-0.1, -0.05) is 0 Å². The summed E-state index contributed by atoms with van der Waals surface area (Å²) >= 11 is 0. The molecule has 1 atom stereocenters. The van der Waals surface area contributed by atoms with Crippen molar-refractivity contribution in [3.63, 3.8) is 0 Å². The second kappa shape index (κ2) is 8.93. The molecule has 2 aromatic rings. The van der Waals surface area contributed by atoms with E-state index in [1.165, 1.54) is 0 Å². The van der Waals surface area contributed by atoms with E-state index in [-0.39, 0.29) is 12.3 Å². The summed E-state index contributed by atoms with van der Waals surface area (Å²) in [6.07, 6.45) is 2.79. The number of nitrogen functional groups attached to an aromatic ring is 1. The SMILES string of the molecule is [CH2]OP(=O)(COC1(Cn2cnc3c(N(C)C)nc(N)nc32)CC1)OCOC(=O)C(C)(C)C. The van der Waals surface area contributed by atoms with Crippen molar-refractivity contribution in [1.82, 2.24) is 19.5 Å². The molecule has 2 N–H and O–H groups in total. The smallest absolute Gasteiger partial charge is 0.359 e. The molecule has 0 spiro atoms. The zero-order valence-corrected chi connectivity index (χ0v) is 19.9. The van der Waals surface area contributed by atoms with Gasteiger partial charge in [0.2, 0.25) is 12.7 Å². The first-order valence-electron chi connectivity index (χ1n) is 10.0. The third-order valence-electron chi connectivity index (χ3n) is 4.93. The molecule has 1 unspecified atom stereocenters. The summed E-state index contributed by atoms with van der Waals surface area (Å²) in [7, 11) is 3.19. The van der Waals surface area contributed by atoms with E-state index in [1.807, 2.05) is 23.6 Å². The zero-order chi connectivity index (χ0) is 23.7. The Kier molecular flexibility index (Phi) is 6.80. The van der Waals surface area contributed by atoms with Crippen molar-refractivity contribution in [1.29, 1.82) is 0 Å². The van der Waals surface area contributed by atoms with E-state index in [4.69, 9.17) is 24.3 Å². The number of anilines is 2. The minimum atomic E-state index is -3.72. The Morgan fingerprint density at radius 1 is 1.34 bits per heavy atom. The summed E-state index contributed by atoms with van der Waals surface area (Å²) in [6.45, 7) is 5.00. The van der Waals surface area contributed by atoms with Gasteiger partial charge in [-0.3, -0.25) is 13.9 Å². The fourth-order valence-corrected chi connectivity index (χ4v) is 3.74. The molecule has 32 heavy (non-hydrogen) atoms. The molecule has 1 radical (unpaired) electrons. The van der Waals surface area contributed by atoms with Gasteiger partial charge in [0.05, 0.1) is 31.0 Å². The molecule has 1 aliphatic carbocycles. The van der Waals surface area contributed by atoms with E-state index in [0.717, 1.165) is 12.8 Å².